The fourth-order valence-corrected chi connectivity index (χ4v) is 6.23. The Morgan fingerprint density at radius 3 is 2.42 bits per heavy atom. The molecule has 1 aromatic heterocycles. The molecule has 1 atom stereocenters. The molecule has 45 heavy (non-hydrogen) atoms. The number of anilines is 1. The largest absolute Gasteiger partial charge is 0.455 e. The van der Waals surface area contributed by atoms with E-state index < -0.39 is 35.0 Å². The Labute approximate surface area is 261 Å². The highest BCUT2D eigenvalue weighted by atomic mass is 32.2. The average Bonchev–Trinajstić information content (AvgIpc) is 3.68. The Kier molecular flexibility index (Phi) is 10.2. The van der Waals surface area contributed by atoms with E-state index in [-0.39, 0.29) is 34.4 Å². The number of sulfonamides is 1. The number of nitrogens with zero attached hydrogens (tertiary/aromatic N) is 3. The van der Waals surface area contributed by atoms with Crippen LogP contribution in [0.4, 0.5) is 14.5 Å². The van der Waals surface area contributed by atoms with Gasteiger partial charge >= 0.3 is 0 Å². The van der Waals surface area contributed by atoms with E-state index in [1.807, 2.05) is 13.8 Å². The average molecular weight is 637 g/mol. The summed E-state index contributed by atoms with van der Waals surface area (Å²) in [5, 5.41) is 12.2. The van der Waals surface area contributed by atoms with Crippen molar-refractivity contribution in [3.63, 3.8) is 0 Å². The number of furan rings is 1. The summed E-state index contributed by atoms with van der Waals surface area (Å²) < 4.78 is 60.1. The van der Waals surface area contributed by atoms with Crippen molar-refractivity contribution in [2.24, 2.45) is 5.92 Å². The molecule has 4 aromatic rings. The predicted molar refractivity (Wildman–Crippen MR) is 170 cm³/mol. The van der Waals surface area contributed by atoms with E-state index in [2.05, 4.69) is 11.4 Å². The molecule has 5 rings (SSSR count). The summed E-state index contributed by atoms with van der Waals surface area (Å²) in [5.74, 6) is -1.36. The first-order chi connectivity index (χ1) is 21.5. The van der Waals surface area contributed by atoms with Crippen LogP contribution < -0.4 is 9.62 Å². The van der Waals surface area contributed by atoms with Crippen molar-refractivity contribution in [1.29, 1.82) is 5.26 Å². The molecule has 1 aliphatic rings. The number of hydrogen-bond donors (Lipinski definition) is 1. The van der Waals surface area contributed by atoms with Crippen molar-refractivity contribution < 1.29 is 31.2 Å². The number of halogens is 2. The maximum absolute atomic E-state index is 13.7. The third kappa shape index (κ3) is 6.83. The summed E-state index contributed by atoms with van der Waals surface area (Å²) in [6.45, 7) is 3.30. The number of hydrogen-bond acceptors (Lipinski definition) is 6. The Morgan fingerprint density at radius 2 is 1.82 bits per heavy atom. The minimum Gasteiger partial charge on any atom is -0.455 e. The molecule has 236 valence electrons. The van der Waals surface area contributed by atoms with Crippen LogP contribution in [0.15, 0.2) is 65.1 Å². The van der Waals surface area contributed by atoms with Crippen molar-refractivity contribution in [2.45, 2.75) is 20.3 Å². The fourth-order valence-electron chi connectivity index (χ4n) is 5.32. The van der Waals surface area contributed by atoms with Gasteiger partial charge in [-0.25, -0.2) is 17.2 Å². The maximum atomic E-state index is 13.7. The number of likely N-dealkylation sites (tertiary alicyclic amines) is 1. The Balaban J connectivity index is 0.00000226. The molecule has 1 aliphatic heterocycles. The van der Waals surface area contributed by atoms with Gasteiger partial charge in [0.25, 0.3) is 11.8 Å². The second-order valence-electron chi connectivity index (χ2n) is 10.2. The van der Waals surface area contributed by atoms with Gasteiger partial charge < -0.3 is 14.6 Å². The van der Waals surface area contributed by atoms with Gasteiger partial charge in [-0.3, -0.25) is 13.9 Å². The zero-order valence-electron chi connectivity index (χ0n) is 25.4. The minimum atomic E-state index is -3.98. The highest BCUT2D eigenvalue weighted by Gasteiger charge is 2.29. The van der Waals surface area contributed by atoms with E-state index in [4.69, 9.17) is 4.42 Å². The molecular formula is C33H34F2N4O5S. The van der Waals surface area contributed by atoms with Crippen LogP contribution in [0.3, 0.4) is 0 Å². The topological polar surface area (TPSA) is 124 Å². The zero-order chi connectivity index (χ0) is 32.9. The molecule has 0 bridgehead atoms. The number of fused-ring (bicyclic) bond motifs is 1. The van der Waals surface area contributed by atoms with Crippen molar-refractivity contribution in [3.8, 4) is 28.5 Å². The summed E-state index contributed by atoms with van der Waals surface area (Å²) in [7, 11) is -2.54. The van der Waals surface area contributed by atoms with Crippen LogP contribution in [0.25, 0.3) is 33.4 Å². The monoisotopic (exact) mass is 636 g/mol. The molecule has 12 heteroatoms. The highest BCUT2D eigenvalue weighted by molar-refractivity contribution is 7.92. The number of carbonyl (C=O) groups is 2. The summed E-state index contributed by atoms with van der Waals surface area (Å²) in [6, 6.07) is 17.1. The van der Waals surface area contributed by atoms with Crippen LogP contribution in [0, 0.1) is 23.1 Å². The first-order valence-electron chi connectivity index (χ1n) is 14.5. The van der Waals surface area contributed by atoms with Crippen molar-refractivity contribution in [3.05, 3.63) is 77.6 Å². The lowest BCUT2D eigenvalue weighted by atomic mass is 9.97. The van der Waals surface area contributed by atoms with Gasteiger partial charge in [0.05, 0.1) is 36.0 Å². The molecule has 0 spiro atoms. The predicted octanol–water partition coefficient (Wildman–Crippen LogP) is 6.01. The SMILES string of the molecule is CC.CNC(=O)c1c(-c2ccc(F)cc2)oc2cc(N(CCF)S(C)(=O)=O)c(-c3cccc(C(=O)N4CCC(C#N)C4)c3)cc12. The smallest absolute Gasteiger partial charge is 0.255 e. The first-order valence-corrected chi connectivity index (χ1v) is 16.3. The van der Waals surface area contributed by atoms with Crippen molar-refractivity contribution >= 4 is 38.5 Å². The first kappa shape index (κ1) is 33.1. The summed E-state index contributed by atoms with van der Waals surface area (Å²) in [4.78, 5) is 28.1. The van der Waals surface area contributed by atoms with E-state index in [0.717, 1.165) is 10.6 Å². The number of nitrogens with one attached hydrogen (secondary N) is 1. The quantitative estimate of drug-likeness (QED) is 0.253. The third-order valence-corrected chi connectivity index (χ3v) is 8.58. The summed E-state index contributed by atoms with van der Waals surface area (Å²) in [6.07, 6.45) is 1.53. The lowest BCUT2D eigenvalue weighted by Crippen LogP contribution is -2.32. The van der Waals surface area contributed by atoms with E-state index in [0.29, 0.717) is 47.2 Å². The van der Waals surface area contributed by atoms with Gasteiger partial charge in [-0.05, 0) is 54.4 Å². The van der Waals surface area contributed by atoms with Gasteiger partial charge in [0.2, 0.25) is 10.0 Å². The number of benzene rings is 3. The maximum Gasteiger partial charge on any atom is 0.255 e. The van der Waals surface area contributed by atoms with E-state index in [1.54, 1.807) is 35.2 Å². The fraction of sp³-hybridized carbons (Fsp3) is 0.303. The molecule has 2 amide bonds. The lowest BCUT2D eigenvalue weighted by molar-refractivity contribution is 0.0789. The molecule has 9 nitrogen and oxygen atoms in total. The molecule has 1 saturated heterocycles. The standard InChI is InChI=1S/C31H28F2N4O5S.C2H6/c1-35-30(38)28-25-15-24(21-4-3-5-22(14-21)31(39)36-12-10-19(17-34)18-36)26(37(13-11-32)43(2,40)41)16-27(25)42-29(28)20-6-8-23(33)9-7-20;1-2/h3-9,14-16,19H,10-13,18H2,1-2H3,(H,35,38);1-2H3. The molecule has 1 unspecified atom stereocenters. The number of amides is 2. The number of alkyl halides is 1. The number of carbonyl (C=O) groups excluding carboxylic acids is 2. The Hall–Kier alpha value is -4.76. The molecule has 3 aromatic carbocycles. The van der Waals surface area contributed by atoms with Crippen LogP contribution in [0.5, 0.6) is 0 Å². The van der Waals surface area contributed by atoms with Crippen LogP contribution >= 0.6 is 0 Å². The van der Waals surface area contributed by atoms with Gasteiger partial charge in [0.1, 0.15) is 23.8 Å². The highest BCUT2D eigenvalue weighted by Crippen LogP contribution is 2.42. The van der Waals surface area contributed by atoms with Crippen LogP contribution in [-0.2, 0) is 10.0 Å². The molecule has 0 aliphatic carbocycles. The Morgan fingerprint density at radius 1 is 1.11 bits per heavy atom. The molecule has 2 heterocycles. The van der Waals surface area contributed by atoms with Gasteiger partial charge in [0, 0.05) is 48.3 Å². The molecular weight excluding hydrogens is 602 g/mol. The van der Waals surface area contributed by atoms with Gasteiger partial charge in [0.15, 0.2) is 0 Å². The second-order valence-corrected chi connectivity index (χ2v) is 12.1. The lowest BCUT2D eigenvalue weighted by Gasteiger charge is -2.24. The second kappa shape index (κ2) is 13.9. The van der Waals surface area contributed by atoms with Crippen LogP contribution in [-0.4, -0.2) is 64.7 Å². The number of rotatable bonds is 8. The van der Waals surface area contributed by atoms with Crippen molar-refractivity contribution in [1.82, 2.24) is 10.2 Å². The molecule has 0 radical (unpaired) electrons. The molecule has 1 N–H and O–H groups in total. The number of nitriles is 1. The zero-order valence-corrected chi connectivity index (χ0v) is 26.2. The van der Waals surface area contributed by atoms with Gasteiger partial charge in [-0.15, -0.1) is 0 Å². The van der Waals surface area contributed by atoms with E-state index in [1.165, 1.54) is 37.4 Å². The summed E-state index contributed by atoms with van der Waals surface area (Å²) in [5.41, 5.74) is 1.87. The molecule has 0 saturated carbocycles. The van der Waals surface area contributed by atoms with Crippen LogP contribution in [0.2, 0.25) is 0 Å². The van der Waals surface area contributed by atoms with Crippen LogP contribution in [0.1, 0.15) is 41.0 Å². The normalized spacial score (nSPS) is 14.4. The summed E-state index contributed by atoms with van der Waals surface area (Å²) >= 11 is 0. The van der Waals surface area contributed by atoms with Gasteiger partial charge in [-0.1, -0.05) is 26.0 Å². The minimum absolute atomic E-state index is 0.0887. The third-order valence-electron chi connectivity index (χ3n) is 7.40. The van der Waals surface area contributed by atoms with Gasteiger partial charge in [-0.2, -0.15) is 5.26 Å². The Bertz CT molecular complexity index is 1870. The molecule has 1 fully saturated rings. The van der Waals surface area contributed by atoms with E-state index in [9.17, 15) is 32.0 Å². The van der Waals surface area contributed by atoms with E-state index >= 15 is 0 Å². The van der Waals surface area contributed by atoms with Crippen molar-refractivity contribution in [2.75, 3.05) is 43.9 Å².